The van der Waals surface area contributed by atoms with E-state index in [4.69, 9.17) is 15.6 Å². The lowest BCUT2D eigenvalue weighted by Crippen LogP contribution is -2.32. The topological polar surface area (TPSA) is 145 Å². The molecule has 46 heavy (non-hydrogen) atoms. The second kappa shape index (κ2) is 14.0. The number of nitrogens with zero attached hydrogens (tertiary/aromatic N) is 2. The second-order valence-electron chi connectivity index (χ2n) is 10.2. The fourth-order valence-electron chi connectivity index (χ4n) is 4.76. The molecular weight excluding hydrogens is 607 g/mol. The third kappa shape index (κ3) is 8.08. The third-order valence-electron chi connectivity index (χ3n) is 6.98. The van der Waals surface area contributed by atoms with Gasteiger partial charge in [0.15, 0.2) is 0 Å². The highest BCUT2D eigenvalue weighted by Crippen LogP contribution is 2.27. The van der Waals surface area contributed by atoms with Crippen LogP contribution < -0.4 is 20.5 Å². The first-order chi connectivity index (χ1) is 22.1. The highest BCUT2D eigenvalue weighted by Gasteiger charge is 2.19. The van der Waals surface area contributed by atoms with Crippen molar-refractivity contribution in [3.05, 3.63) is 150 Å². The molecule has 0 aliphatic carbocycles. The number of rotatable bonds is 9. The van der Waals surface area contributed by atoms with Gasteiger partial charge in [0.05, 0.1) is 17.9 Å². The largest absolute Gasteiger partial charge is 0.441 e. The van der Waals surface area contributed by atoms with Crippen LogP contribution in [0.2, 0.25) is 0 Å². The zero-order chi connectivity index (χ0) is 32.7. The van der Waals surface area contributed by atoms with Crippen LogP contribution in [0.4, 0.5) is 14.9 Å². The Labute approximate surface area is 265 Å². The minimum atomic E-state index is -3.92. The molecule has 0 saturated heterocycles. The zero-order valence-electron chi connectivity index (χ0n) is 24.4. The molecule has 0 aliphatic heterocycles. The first kappa shape index (κ1) is 31.8. The van der Waals surface area contributed by atoms with E-state index >= 15 is 0 Å². The van der Waals surface area contributed by atoms with E-state index in [1.165, 1.54) is 18.2 Å². The number of carbonyl (C=O) groups excluding carboxylic acids is 2. The Hall–Kier alpha value is -5.65. The quantitative estimate of drug-likeness (QED) is 0.154. The monoisotopic (exact) mass is 636 g/mol. The summed E-state index contributed by atoms with van der Waals surface area (Å²) >= 11 is 0. The number of primary sulfonamides is 1. The van der Waals surface area contributed by atoms with E-state index in [-0.39, 0.29) is 35.4 Å². The Balaban J connectivity index is 1.33. The van der Waals surface area contributed by atoms with E-state index in [1.54, 1.807) is 65.6 Å². The van der Waals surface area contributed by atoms with E-state index < -0.39 is 21.9 Å². The molecular formula is C35H29FN4O5S. The van der Waals surface area contributed by atoms with Crippen molar-refractivity contribution in [2.45, 2.75) is 17.9 Å². The summed E-state index contributed by atoms with van der Waals surface area (Å²) in [5.74, 6) is -0.615. The maximum Gasteiger partial charge on any atom is 0.441 e. The van der Waals surface area contributed by atoms with Crippen molar-refractivity contribution in [1.82, 2.24) is 0 Å². The fraction of sp³-hybridized carbons (Fsp3) is 0.0571. The normalized spacial score (nSPS) is 11.6. The van der Waals surface area contributed by atoms with Crippen LogP contribution in [0.1, 0.15) is 16.7 Å². The highest BCUT2D eigenvalue weighted by molar-refractivity contribution is 7.89. The molecule has 11 heteroatoms. The number of benzene rings is 5. The average Bonchev–Trinajstić information content (AvgIpc) is 3.05. The summed E-state index contributed by atoms with van der Waals surface area (Å²) in [7, 11) is -3.92. The van der Waals surface area contributed by atoms with E-state index in [1.807, 2.05) is 36.4 Å². The minimum Gasteiger partial charge on any atom is -0.409 e. The number of aliphatic imine (C=N–C) groups is 1. The van der Waals surface area contributed by atoms with Crippen molar-refractivity contribution in [1.29, 1.82) is 0 Å². The minimum absolute atomic E-state index is 0.0201. The number of halogens is 1. The number of amides is 2. The lowest BCUT2D eigenvalue weighted by molar-refractivity contribution is -0.118. The van der Waals surface area contributed by atoms with Crippen LogP contribution in [-0.2, 0) is 27.8 Å². The van der Waals surface area contributed by atoms with Crippen LogP contribution in [-0.4, -0.2) is 26.3 Å². The number of hydrogen-bond donors (Lipinski definition) is 2. The van der Waals surface area contributed by atoms with Gasteiger partial charge >= 0.3 is 6.09 Å². The van der Waals surface area contributed by atoms with Crippen molar-refractivity contribution in [3.8, 4) is 16.9 Å². The SMILES string of the molecule is NC(=NC(=O)Oc1ccc(F)cc1)c1cccc(CN(C(=O)Cc2ccc(-c3ccccc3S(N)(=O)=O)cc2)c2ccccc2)c1. The van der Waals surface area contributed by atoms with Gasteiger partial charge in [-0.15, -0.1) is 0 Å². The summed E-state index contributed by atoms with van der Waals surface area (Å²) in [6.07, 6.45) is -0.889. The molecule has 9 nitrogen and oxygen atoms in total. The molecule has 0 aliphatic rings. The van der Waals surface area contributed by atoms with Crippen LogP contribution >= 0.6 is 0 Å². The summed E-state index contributed by atoms with van der Waals surface area (Å²) in [5, 5.41) is 5.40. The number of para-hydroxylation sites is 1. The predicted molar refractivity (Wildman–Crippen MR) is 174 cm³/mol. The van der Waals surface area contributed by atoms with Crippen molar-refractivity contribution < 1.29 is 27.1 Å². The Bertz CT molecular complexity index is 2000. The molecule has 0 heterocycles. The predicted octanol–water partition coefficient (Wildman–Crippen LogP) is 5.82. The standard InChI is InChI=1S/C35H29FN4O5S/c36-28-17-19-30(20-18-28)45-35(42)39-34(37)27-8-6-7-25(21-27)23-40(29-9-2-1-3-10-29)33(41)22-24-13-15-26(16-14-24)31-11-4-5-12-32(31)46(38,43)44/h1-21H,22-23H2,(H2,37,39,42)(H2,38,43,44). The summed E-state index contributed by atoms with van der Waals surface area (Å²) < 4.78 is 42.4. The van der Waals surface area contributed by atoms with E-state index in [0.29, 0.717) is 22.4 Å². The van der Waals surface area contributed by atoms with Gasteiger partial charge in [0.2, 0.25) is 15.9 Å². The van der Waals surface area contributed by atoms with E-state index in [9.17, 15) is 22.4 Å². The lowest BCUT2D eigenvalue weighted by Gasteiger charge is -2.23. The van der Waals surface area contributed by atoms with Gasteiger partial charge in [0, 0.05) is 16.8 Å². The Morgan fingerprint density at radius 1 is 0.783 bits per heavy atom. The second-order valence-corrected chi connectivity index (χ2v) is 11.8. The third-order valence-corrected chi connectivity index (χ3v) is 7.95. The molecule has 232 valence electrons. The van der Waals surface area contributed by atoms with E-state index in [0.717, 1.165) is 23.3 Å². The van der Waals surface area contributed by atoms with Gasteiger partial charge in [-0.05, 0) is 65.2 Å². The van der Waals surface area contributed by atoms with Crippen molar-refractivity contribution >= 4 is 33.5 Å². The number of ether oxygens (including phenoxy) is 1. The molecule has 0 unspecified atom stereocenters. The first-order valence-corrected chi connectivity index (χ1v) is 15.6. The number of sulfonamides is 1. The molecule has 0 spiro atoms. The number of anilines is 1. The van der Waals surface area contributed by atoms with Crippen molar-refractivity contribution in [3.63, 3.8) is 0 Å². The van der Waals surface area contributed by atoms with Gasteiger partial charge in [-0.3, -0.25) is 4.79 Å². The van der Waals surface area contributed by atoms with Gasteiger partial charge in [0.25, 0.3) is 0 Å². The Morgan fingerprint density at radius 3 is 2.15 bits per heavy atom. The van der Waals surface area contributed by atoms with E-state index in [2.05, 4.69) is 4.99 Å². The molecule has 2 amide bonds. The van der Waals surface area contributed by atoms with Crippen LogP contribution in [0, 0.1) is 5.82 Å². The van der Waals surface area contributed by atoms with Gasteiger partial charge in [-0.25, -0.2) is 22.7 Å². The smallest absolute Gasteiger partial charge is 0.409 e. The molecule has 0 bridgehead atoms. The molecule has 5 rings (SSSR count). The number of carbonyl (C=O) groups is 2. The van der Waals surface area contributed by atoms with Gasteiger partial charge < -0.3 is 15.4 Å². The van der Waals surface area contributed by atoms with Crippen LogP contribution in [0.3, 0.4) is 0 Å². The summed E-state index contributed by atoms with van der Waals surface area (Å²) in [6.45, 7) is 0.198. The Morgan fingerprint density at radius 2 is 1.46 bits per heavy atom. The molecule has 0 fully saturated rings. The summed E-state index contributed by atoms with van der Waals surface area (Å²) in [4.78, 5) is 31.5. The van der Waals surface area contributed by atoms with Crippen LogP contribution in [0.5, 0.6) is 5.75 Å². The number of amidine groups is 1. The molecule has 0 saturated carbocycles. The zero-order valence-corrected chi connectivity index (χ0v) is 25.2. The highest BCUT2D eigenvalue weighted by atomic mass is 32.2. The fourth-order valence-corrected chi connectivity index (χ4v) is 5.52. The molecule has 4 N–H and O–H groups in total. The molecule has 5 aromatic carbocycles. The van der Waals surface area contributed by atoms with Crippen molar-refractivity contribution in [2.24, 2.45) is 15.9 Å². The maximum absolute atomic E-state index is 13.7. The molecule has 0 aromatic heterocycles. The van der Waals surface area contributed by atoms with Gasteiger partial charge in [-0.1, -0.05) is 78.9 Å². The van der Waals surface area contributed by atoms with Crippen LogP contribution in [0.25, 0.3) is 11.1 Å². The summed E-state index contributed by atoms with van der Waals surface area (Å²) in [5.41, 5.74) is 9.82. The summed E-state index contributed by atoms with van der Waals surface area (Å²) in [6, 6.07) is 34.6. The number of hydrogen-bond acceptors (Lipinski definition) is 5. The lowest BCUT2D eigenvalue weighted by atomic mass is 10.0. The molecule has 0 radical (unpaired) electrons. The molecule has 0 atom stereocenters. The maximum atomic E-state index is 13.7. The Kier molecular flexibility index (Phi) is 9.65. The number of nitrogens with two attached hydrogens (primary N) is 2. The van der Waals surface area contributed by atoms with Gasteiger partial charge in [-0.2, -0.15) is 4.99 Å². The average molecular weight is 637 g/mol. The molecule has 5 aromatic rings. The van der Waals surface area contributed by atoms with Gasteiger partial charge in [0.1, 0.15) is 17.4 Å². The van der Waals surface area contributed by atoms with Crippen molar-refractivity contribution in [2.75, 3.05) is 4.90 Å². The van der Waals surface area contributed by atoms with Crippen LogP contribution in [0.15, 0.2) is 137 Å². The first-order valence-electron chi connectivity index (χ1n) is 14.0.